The number of alkyl halides is 6. The van der Waals surface area contributed by atoms with E-state index in [1.165, 1.54) is 0 Å². The lowest BCUT2D eigenvalue weighted by molar-refractivity contribution is -0.0628. The van der Waals surface area contributed by atoms with Gasteiger partial charge in [0.25, 0.3) is 0 Å². The number of hydrogen-bond donors (Lipinski definition) is 0. The molecule has 0 aromatic carbocycles. The Morgan fingerprint density at radius 2 is 0.944 bits per heavy atom. The predicted octanol–water partition coefficient (Wildman–Crippen LogP) is 3.14. The lowest BCUT2D eigenvalue weighted by Crippen LogP contribution is -2.19. The molecule has 0 atom stereocenters. The van der Waals surface area contributed by atoms with E-state index in [0.717, 1.165) is 28.1 Å². The third kappa shape index (κ3) is 9.73. The normalized spacial score (nSPS) is 13.7. The number of rotatable bonds is 2. The molecule has 0 unspecified atom stereocenters. The highest BCUT2D eigenvalue weighted by Gasteiger charge is 2.33. The second kappa shape index (κ2) is 7.77. The zero-order chi connectivity index (χ0) is 15.0. The summed E-state index contributed by atoms with van der Waals surface area (Å²) in [5, 5.41) is 5.38. The van der Waals surface area contributed by atoms with Gasteiger partial charge >= 0.3 is 12.4 Å². The lowest BCUT2D eigenvalue weighted by atomic mass is 10.4. The smallest absolute Gasteiger partial charge is 0.399 e. The van der Waals surface area contributed by atoms with E-state index in [0.29, 0.717) is 0 Å². The molecule has 0 aliphatic rings. The zero-order valence-corrected chi connectivity index (χ0v) is 9.98. The van der Waals surface area contributed by atoms with Crippen LogP contribution < -0.4 is 0 Å². The molecule has 18 heavy (non-hydrogen) atoms. The van der Waals surface area contributed by atoms with Gasteiger partial charge in [0.2, 0.25) is 0 Å². The lowest BCUT2D eigenvalue weighted by Gasteiger charge is -2.02. The first kappa shape index (κ1) is 18.9. The van der Waals surface area contributed by atoms with Crippen molar-refractivity contribution in [1.29, 1.82) is 0 Å². The molecule has 0 aromatic heterocycles. The minimum Gasteiger partial charge on any atom is -0.399 e. The van der Waals surface area contributed by atoms with E-state index in [-0.39, 0.29) is 0 Å². The Morgan fingerprint density at radius 3 is 1.00 bits per heavy atom. The fraction of sp³-hybridized carbons (Fsp3) is 0.750. The van der Waals surface area contributed by atoms with Gasteiger partial charge in [-0.2, -0.15) is 26.3 Å². The molecule has 0 rings (SSSR count). The van der Waals surface area contributed by atoms with E-state index in [1.807, 2.05) is 0 Å². The van der Waals surface area contributed by atoms with Gasteiger partial charge in [-0.25, -0.2) is 0 Å². The molecule has 0 bridgehead atoms. The molecule has 0 radical (unpaired) electrons. The first-order chi connectivity index (χ1) is 7.96. The Hall–Kier alpha value is -1.48. The van der Waals surface area contributed by atoms with Gasteiger partial charge in [0.15, 0.2) is 11.4 Å². The van der Waals surface area contributed by atoms with Crippen LogP contribution in [0.2, 0.25) is 0 Å². The Morgan fingerprint density at radius 1 is 0.722 bits per heavy atom. The molecule has 4 nitrogen and oxygen atoms in total. The van der Waals surface area contributed by atoms with Crippen LogP contribution in [0.25, 0.3) is 0 Å². The van der Waals surface area contributed by atoms with Crippen LogP contribution in [0.15, 0.2) is 10.3 Å². The minimum atomic E-state index is -4.37. The fourth-order valence-corrected chi connectivity index (χ4v) is 0.377. The summed E-state index contributed by atoms with van der Waals surface area (Å²) in [6, 6.07) is 0. The molecule has 0 aromatic rings. The van der Waals surface area contributed by atoms with Crippen molar-refractivity contribution in [3.63, 3.8) is 0 Å². The standard InChI is InChI=1S/2C4H6F3NO/c2*1-3(8-9-2)4(5,6)7/h2*1-2H3/b2*8-3+. The van der Waals surface area contributed by atoms with Crippen LogP contribution in [0.4, 0.5) is 26.3 Å². The zero-order valence-electron chi connectivity index (χ0n) is 9.98. The summed E-state index contributed by atoms with van der Waals surface area (Å²) in [4.78, 5) is 7.80. The quantitative estimate of drug-likeness (QED) is 0.443. The topological polar surface area (TPSA) is 43.2 Å². The third-order valence-electron chi connectivity index (χ3n) is 1.28. The highest BCUT2D eigenvalue weighted by Crippen LogP contribution is 2.17. The van der Waals surface area contributed by atoms with Crippen molar-refractivity contribution in [1.82, 2.24) is 0 Å². The summed E-state index contributed by atoms with van der Waals surface area (Å²) in [6.45, 7) is 1.67. The van der Waals surface area contributed by atoms with E-state index < -0.39 is 23.8 Å². The van der Waals surface area contributed by atoms with Crippen LogP contribution in [0.1, 0.15) is 13.8 Å². The molecule has 0 saturated heterocycles. The van der Waals surface area contributed by atoms with Crippen LogP contribution in [-0.2, 0) is 9.68 Å². The molecule has 0 aliphatic heterocycles. The first-order valence-electron chi connectivity index (χ1n) is 4.26. The largest absolute Gasteiger partial charge is 0.432 e. The molecule has 0 heterocycles. The summed E-state index contributed by atoms with van der Waals surface area (Å²) in [7, 11) is 2.13. The molecular weight excluding hydrogens is 270 g/mol. The number of oxime groups is 2. The Balaban J connectivity index is 0. The SMILES string of the molecule is CO/N=C(\C)C(F)(F)F.CO/N=C(\C)C(F)(F)F. The van der Waals surface area contributed by atoms with Crippen molar-refractivity contribution in [3.05, 3.63) is 0 Å². The Bertz CT molecular complexity index is 265. The second-order valence-electron chi connectivity index (χ2n) is 2.71. The van der Waals surface area contributed by atoms with Gasteiger partial charge in [-0.15, -0.1) is 0 Å². The van der Waals surface area contributed by atoms with E-state index in [9.17, 15) is 26.3 Å². The first-order valence-corrected chi connectivity index (χ1v) is 4.26. The third-order valence-corrected chi connectivity index (χ3v) is 1.28. The number of hydrogen-bond acceptors (Lipinski definition) is 4. The van der Waals surface area contributed by atoms with Gasteiger partial charge in [-0.05, 0) is 13.8 Å². The van der Waals surface area contributed by atoms with E-state index >= 15 is 0 Å². The summed E-state index contributed by atoms with van der Waals surface area (Å²) in [5.74, 6) is 0. The fourth-order valence-electron chi connectivity index (χ4n) is 0.377. The van der Waals surface area contributed by atoms with Crippen molar-refractivity contribution >= 4 is 11.4 Å². The molecule has 0 spiro atoms. The second-order valence-corrected chi connectivity index (χ2v) is 2.71. The van der Waals surface area contributed by atoms with Crippen molar-refractivity contribution in [2.24, 2.45) is 10.3 Å². The van der Waals surface area contributed by atoms with Gasteiger partial charge < -0.3 is 9.68 Å². The van der Waals surface area contributed by atoms with Crippen molar-refractivity contribution < 1.29 is 36.0 Å². The molecule has 10 heteroatoms. The van der Waals surface area contributed by atoms with Gasteiger partial charge in [-0.3, -0.25) is 0 Å². The maximum absolute atomic E-state index is 11.4. The molecule has 0 fully saturated rings. The highest BCUT2D eigenvalue weighted by molar-refractivity contribution is 5.87. The molecule has 108 valence electrons. The van der Waals surface area contributed by atoms with Gasteiger partial charge in [0, 0.05) is 0 Å². The Kier molecular flexibility index (Phi) is 8.15. The van der Waals surface area contributed by atoms with Crippen LogP contribution >= 0.6 is 0 Å². The summed E-state index contributed by atoms with van der Waals surface area (Å²) in [5.41, 5.74) is -1.96. The average Bonchev–Trinajstić information content (AvgIpc) is 2.16. The van der Waals surface area contributed by atoms with Crippen LogP contribution in [0.3, 0.4) is 0 Å². The van der Waals surface area contributed by atoms with Crippen LogP contribution in [-0.4, -0.2) is 38.0 Å². The van der Waals surface area contributed by atoms with Crippen LogP contribution in [0, 0.1) is 0 Å². The monoisotopic (exact) mass is 282 g/mol. The van der Waals surface area contributed by atoms with Crippen molar-refractivity contribution in [3.8, 4) is 0 Å². The molecule has 0 saturated carbocycles. The summed E-state index contributed by atoms with van der Waals surface area (Å²) in [6.07, 6.45) is -8.73. The maximum atomic E-state index is 11.4. The predicted molar refractivity (Wildman–Crippen MR) is 52.3 cm³/mol. The van der Waals surface area contributed by atoms with Crippen molar-refractivity contribution in [2.75, 3.05) is 14.2 Å². The number of nitrogens with zero attached hydrogens (tertiary/aromatic N) is 2. The molecule has 0 amide bonds. The molecule has 0 aliphatic carbocycles. The summed E-state index contributed by atoms with van der Waals surface area (Å²) < 4.78 is 68.6. The molecule has 0 N–H and O–H groups in total. The van der Waals surface area contributed by atoms with E-state index in [2.05, 4.69) is 20.0 Å². The molecular formula is C8H12F6N2O2. The van der Waals surface area contributed by atoms with Gasteiger partial charge in [-0.1, -0.05) is 10.3 Å². The van der Waals surface area contributed by atoms with Gasteiger partial charge in [0.1, 0.15) is 14.2 Å². The van der Waals surface area contributed by atoms with Crippen LogP contribution in [0.5, 0.6) is 0 Å². The van der Waals surface area contributed by atoms with Crippen molar-refractivity contribution in [2.45, 2.75) is 26.2 Å². The highest BCUT2D eigenvalue weighted by atomic mass is 19.4. The minimum absolute atomic E-state index is 0.837. The van der Waals surface area contributed by atoms with E-state index in [4.69, 9.17) is 0 Å². The Labute approximate surface area is 99.2 Å². The van der Waals surface area contributed by atoms with E-state index in [1.54, 1.807) is 0 Å². The summed E-state index contributed by atoms with van der Waals surface area (Å²) >= 11 is 0. The maximum Gasteiger partial charge on any atom is 0.432 e. The number of halogens is 6. The average molecular weight is 282 g/mol. The van der Waals surface area contributed by atoms with Gasteiger partial charge in [0.05, 0.1) is 0 Å².